The number of carbonyl (C=O) groups is 1. The molecule has 0 radical (unpaired) electrons. The zero-order chi connectivity index (χ0) is 16.0. The Labute approximate surface area is 137 Å². The van der Waals surface area contributed by atoms with Crippen LogP contribution in [0.1, 0.15) is 56.9 Å². The lowest BCUT2D eigenvalue weighted by atomic mass is 9.49. The first-order chi connectivity index (χ1) is 11.0. The van der Waals surface area contributed by atoms with E-state index in [4.69, 9.17) is 0 Å². The predicted octanol–water partition coefficient (Wildman–Crippen LogP) is 2.18. The number of aliphatic hydroxyl groups excluding tert-OH is 1. The maximum Gasteiger partial charge on any atom is 0.220 e. The average molecular weight is 317 g/mol. The van der Waals surface area contributed by atoms with E-state index in [9.17, 15) is 9.90 Å². The summed E-state index contributed by atoms with van der Waals surface area (Å²) in [6, 6.07) is 0. The van der Waals surface area contributed by atoms with Gasteiger partial charge in [0.05, 0.1) is 6.54 Å². The maximum absolute atomic E-state index is 12.4. The Morgan fingerprint density at radius 3 is 2.48 bits per heavy atom. The van der Waals surface area contributed by atoms with Crippen molar-refractivity contribution in [3.05, 3.63) is 18.2 Å². The lowest BCUT2D eigenvalue weighted by molar-refractivity contribution is -0.129. The van der Waals surface area contributed by atoms with Gasteiger partial charge in [-0.25, -0.2) is 4.98 Å². The summed E-state index contributed by atoms with van der Waals surface area (Å²) in [5, 5.41) is 13.1. The van der Waals surface area contributed by atoms with Crippen molar-refractivity contribution >= 4 is 5.91 Å². The molecule has 1 amide bonds. The van der Waals surface area contributed by atoms with Crippen LogP contribution in [0.2, 0.25) is 0 Å². The Morgan fingerprint density at radius 1 is 1.35 bits per heavy atom. The van der Waals surface area contributed by atoms with Crippen molar-refractivity contribution in [2.45, 2.75) is 51.0 Å². The number of hydrogen-bond acceptors (Lipinski definition) is 3. The molecule has 4 saturated carbocycles. The van der Waals surface area contributed by atoms with Gasteiger partial charge in [0.15, 0.2) is 0 Å². The van der Waals surface area contributed by atoms with Gasteiger partial charge in [-0.2, -0.15) is 0 Å². The van der Waals surface area contributed by atoms with E-state index >= 15 is 0 Å². The second kappa shape index (κ2) is 5.62. The zero-order valence-corrected chi connectivity index (χ0v) is 13.9. The van der Waals surface area contributed by atoms with E-state index in [-0.39, 0.29) is 17.9 Å². The van der Waals surface area contributed by atoms with Crippen LogP contribution in [-0.4, -0.2) is 27.1 Å². The van der Waals surface area contributed by atoms with E-state index in [0.29, 0.717) is 12.2 Å². The molecule has 0 aliphatic heterocycles. The molecule has 4 aliphatic rings. The molecular weight excluding hydrogens is 290 g/mol. The van der Waals surface area contributed by atoms with Crippen molar-refractivity contribution in [2.24, 2.45) is 30.2 Å². The van der Waals surface area contributed by atoms with E-state index in [1.807, 2.05) is 7.05 Å². The summed E-state index contributed by atoms with van der Waals surface area (Å²) >= 11 is 0. The van der Waals surface area contributed by atoms with E-state index in [1.54, 1.807) is 17.0 Å². The topological polar surface area (TPSA) is 67.2 Å². The number of carbonyl (C=O) groups excluding carboxylic acids is 1. The molecule has 5 heteroatoms. The van der Waals surface area contributed by atoms with Crippen molar-refractivity contribution in [1.29, 1.82) is 0 Å². The van der Waals surface area contributed by atoms with Crippen LogP contribution in [0.25, 0.3) is 0 Å². The van der Waals surface area contributed by atoms with Crippen LogP contribution in [0.5, 0.6) is 0 Å². The largest absolute Gasteiger partial charge is 0.383 e. The number of nitrogens with zero attached hydrogens (tertiary/aromatic N) is 2. The van der Waals surface area contributed by atoms with Crippen LogP contribution < -0.4 is 5.32 Å². The minimum atomic E-state index is -0.740. The highest BCUT2D eigenvalue weighted by atomic mass is 16.3. The third-order valence-corrected chi connectivity index (χ3v) is 6.35. The van der Waals surface area contributed by atoms with Gasteiger partial charge in [0.25, 0.3) is 0 Å². The molecule has 2 N–H and O–H groups in total. The van der Waals surface area contributed by atoms with Crippen molar-refractivity contribution in [1.82, 2.24) is 14.9 Å². The highest BCUT2D eigenvalue weighted by Crippen LogP contribution is 2.61. The average Bonchev–Trinajstić information content (AvgIpc) is 2.89. The van der Waals surface area contributed by atoms with Gasteiger partial charge in [0.1, 0.15) is 11.9 Å². The number of aliphatic hydroxyl groups is 1. The van der Waals surface area contributed by atoms with Crippen LogP contribution >= 0.6 is 0 Å². The zero-order valence-electron chi connectivity index (χ0n) is 13.9. The minimum absolute atomic E-state index is 0.0974. The fourth-order valence-corrected chi connectivity index (χ4v) is 5.91. The van der Waals surface area contributed by atoms with Gasteiger partial charge in [-0.05, 0) is 61.7 Å². The molecule has 1 atom stereocenters. The second-order valence-corrected chi connectivity index (χ2v) is 8.31. The fourth-order valence-electron chi connectivity index (χ4n) is 5.91. The third kappa shape index (κ3) is 2.91. The first-order valence-electron chi connectivity index (χ1n) is 8.95. The summed E-state index contributed by atoms with van der Waals surface area (Å²) in [6.45, 7) is 0.246. The normalized spacial score (nSPS) is 36.2. The molecule has 4 fully saturated rings. The number of aryl methyl sites for hydroxylation is 1. The Morgan fingerprint density at radius 2 is 1.96 bits per heavy atom. The lowest BCUT2D eigenvalue weighted by Gasteiger charge is -2.56. The van der Waals surface area contributed by atoms with Crippen LogP contribution in [0.3, 0.4) is 0 Å². The molecule has 4 aliphatic carbocycles. The van der Waals surface area contributed by atoms with Gasteiger partial charge in [-0.3, -0.25) is 4.79 Å². The Hall–Kier alpha value is -1.36. The molecule has 0 aromatic carbocycles. The monoisotopic (exact) mass is 317 g/mol. The summed E-state index contributed by atoms with van der Waals surface area (Å²) in [4.78, 5) is 16.6. The number of imidazole rings is 1. The molecule has 1 aromatic rings. The Kier molecular flexibility index (Phi) is 3.71. The second-order valence-electron chi connectivity index (χ2n) is 8.31. The molecule has 5 nitrogen and oxygen atoms in total. The number of rotatable bonds is 5. The van der Waals surface area contributed by atoms with Crippen LogP contribution in [0.4, 0.5) is 0 Å². The maximum atomic E-state index is 12.4. The molecular formula is C18H27N3O2. The molecule has 4 bridgehead atoms. The quantitative estimate of drug-likeness (QED) is 0.874. The number of amides is 1. The van der Waals surface area contributed by atoms with Crippen molar-refractivity contribution < 1.29 is 9.90 Å². The highest BCUT2D eigenvalue weighted by Gasteiger charge is 2.51. The van der Waals surface area contributed by atoms with Gasteiger partial charge < -0.3 is 15.0 Å². The van der Waals surface area contributed by atoms with Crippen LogP contribution in [0, 0.1) is 23.2 Å². The molecule has 23 heavy (non-hydrogen) atoms. The van der Waals surface area contributed by atoms with Crippen LogP contribution in [0.15, 0.2) is 12.4 Å². The molecule has 0 spiro atoms. The first kappa shape index (κ1) is 15.2. The fraction of sp³-hybridized carbons (Fsp3) is 0.778. The van der Waals surface area contributed by atoms with Crippen molar-refractivity contribution in [3.8, 4) is 0 Å². The van der Waals surface area contributed by atoms with Gasteiger partial charge in [0.2, 0.25) is 5.91 Å². The smallest absolute Gasteiger partial charge is 0.220 e. The van der Waals surface area contributed by atoms with Crippen LogP contribution in [-0.2, 0) is 11.8 Å². The predicted molar refractivity (Wildman–Crippen MR) is 86.4 cm³/mol. The van der Waals surface area contributed by atoms with Gasteiger partial charge in [-0.1, -0.05) is 0 Å². The molecule has 1 aromatic heterocycles. The van der Waals surface area contributed by atoms with Gasteiger partial charge in [-0.15, -0.1) is 0 Å². The minimum Gasteiger partial charge on any atom is -0.383 e. The Balaban J connectivity index is 1.33. The lowest BCUT2D eigenvalue weighted by Crippen LogP contribution is -2.48. The van der Waals surface area contributed by atoms with Gasteiger partial charge >= 0.3 is 0 Å². The summed E-state index contributed by atoms with van der Waals surface area (Å²) < 4.78 is 1.79. The van der Waals surface area contributed by atoms with Gasteiger partial charge in [0, 0.05) is 25.9 Å². The summed E-state index contributed by atoms with van der Waals surface area (Å²) in [5.74, 6) is 3.30. The Bertz CT molecular complexity index is 560. The summed E-state index contributed by atoms with van der Waals surface area (Å²) in [6.07, 6.45) is 11.3. The highest BCUT2D eigenvalue weighted by molar-refractivity contribution is 5.76. The third-order valence-electron chi connectivity index (χ3n) is 6.35. The van der Waals surface area contributed by atoms with E-state index in [1.165, 1.54) is 38.5 Å². The summed E-state index contributed by atoms with van der Waals surface area (Å²) in [7, 11) is 1.85. The first-order valence-corrected chi connectivity index (χ1v) is 8.95. The number of nitrogens with one attached hydrogen (secondary N) is 1. The molecule has 0 unspecified atom stereocenters. The van der Waals surface area contributed by atoms with E-state index in [2.05, 4.69) is 10.3 Å². The molecule has 0 saturated heterocycles. The SMILES string of the molecule is Cn1ccnc1[C@@H](O)CNC(=O)CC12CC3CC(CC(C3)C1)C2. The number of aromatic nitrogens is 2. The standard InChI is InChI=1S/C18H27N3O2/c1-21-3-2-19-17(21)15(22)11-20-16(23)10-18-7-12-4-13(8-18)6-14(5-12)9-18/h2-3,12-15,22H,4-11H2,1H3,(H,20,23)/t12?,13?,14?,15-,18?/m0/s1. The van der Waals surface area contributed by atoms with E-state index in [0.717, 1.165) is 17.8 Å². The van der Waals surface area contributed by atoms with E-state index < -0.39 is 6.10 Å². The van der Waals surface area contributed by atoms with Crippen molar-refractivity contribution in [3.63, 3.8) is 0 Å². The molecule has 5 rings (SSSR count). The van der Waals surface area contributed by atoms with Crippen molar-refractivity contribution in [2.75, 3.05) is 6.54 Å². The summed E-state index contributed by atoms with van der Waals surface area (Å²) in [5.41, 5.74) is 0.257. The number of hydrogen-bond donors (Lipinski definition) is 2. The molecule has 126 valence electrons. The molecule has 1 heterocycles.